The monoisotopic (exact) mass is 1140 g/mol. The lowest BCUT2D eigenvalue weighted by Crippen LogP contribution is -2.57. The van der Waals surface area contributed by atoms with E-state index in [2.05, 4.69) is 30.3 Å². The first kappa shape index (κ1) is 72.8. The molecule has 0 radical (unpaired) electrons. The second kappa shape index (κ2) is 37.6. The number of aliphatic hydroxyl groups excluding tert-OH is 12. The van der Waals surface area contributed by atoms with Crippen molar-refractivity contribution in [3.8, 4) is 0 Å². The summed E-state index contributed by atoms with van der Waals surface area (Å²) in [4.78, 5) is 65.8. The van der Waals surface area contributed by atoms with E-state index in [1.54, 1.807) is 14.1 Å². The van der Waals surface area contributed by atoms with Crippen LogP contribution in [-0.4, -0.2) is 273 Å². The average molecular weight is 1140 g/mol. The van der Waals surface area contributed by atoms with Crippen molar-refractivity contribution in [2.45, 2.75) is 133 Å². The Hall–Kier alpha value is -2.22. The van der Waals surface area contributed by atoms with E-state index in [1.807, 2.05) is 0 Å². The zero-order valence-corrected chi connectivity index (χ0v) is 43.2. The van der Waals surface area contributed by atoms with Gasteiger partial charge in [-0.15, -0.1) is 0 Å². The van der Waals surface area contributed by atoms with Gasteiger partial charge in [-0.3, -0.25) is 37.3 Å². The van der Waals surface area contributed by atoms with Gasteiger partial charge in [0.2, 0.25) is 11.8 Å². The highest BCUT2D eigenvalue weighted by Gasteiger charge is 2.46. The van der Waals surface area contributed by atoms with E-state index in [0.29, 0.717) is 0 Å². The molecule has 0 aromatic heterocycles. The molecule has 2 heterocycles. The highest BCUT2D eigenvalue weighted by Crippen LogP contribution is 2.44. The fourth-order valence-corrected chi connectivity index (χ4v) is 8.09. The Morgan fingerprint density at radius 1 is 0.560 bits per heavy atom. The number of hydrogen-bond donors (Lipinski definition) is 18. The second-order valence-corrected chi connectivity index (χ2v) is 19.9. The zero-order valence-electron chi connectivity index (χ0n) is 41.4. The summed E-state index contributed by atoms with van der Waals surface area (Å²) < 4.78 is 64.8. The number of phosphoric acid groups is 2. The van der Waals surface area contributed by atoms with Crippen molar-refractivity contribution in [1.82, 2.24) is 21.3 Å². The lowest BCUT2D eigenvalue weighted by atomic mass is 9.92. The molecule has 0 spiro atoms. The summed E-state index contributed by atoms with van der Waals surface area (Å²) in [5.74, 6) is -2.97. The minimum absolute atomic E-state index is 0. The van der Waals surface area contributed by atoms with Crippen molar-refractivity contribution >= 4 is 39.0 Å². The molecule has 18 atom stereocenters. The molecule has 0 aromatic carbocycles. The minimum atomic E-state index is -4.75. The maximum Gasteiger partial charge on any atom is 0.472 e. The Morgan fingerprint density at radius 2 is 0.947 bits per heavy atom. The second-order valence-electron chi connectivity index (χ2n) is 17.0. The van der Waals surface area contributed by atoms with Gasteiger partial charge in [0.25, 0.3) is 0 Å². The van der Waals surface area contributed by atoms with Crippen molar-refractivity contribution in [3.05, 3.63) is 0 Å². The van der Waals surface area contributed by atoms with Gasteiger partial charge in [-0.05, 0) is 14.1 Å². The number of likely N-dealkylation sites (N-methyl/N-ethyl adjacent to an activating group) is 2. The Kier molecular flexibility index (Phi) is 36.5. The summed E-state index contributed by atoms with van der Waals surface area (Å²) in [5, 5.41) is 128. The molecule has 0 bridgehead atoms. The summed E-state index contributed by atoms with van der Waals surface area (Å²) in [6.07, 6.45) is -21.0. The number of nitrogens with one attached hydrogen (secondary N) is 4. The van der Waals surface area contributed by atoms with Gasteiger partial charge in [-0.25, -0.2) is 9.13 Å². The van der Waals surface area contributed by atoms with E-state index in [-0.39, 0.29) is 70.9 Å². The van der Waals surface area contributed by atoms with Gasteiger partial charge >= 0.3 is 15.6 Å². The van der Waals surface area contributed by atoms with Crippen LogP contribution in [0.5, 0.6) is 0 Å². The third-order valence-corrected chi connectivity index (χ3v) is 13.1. The van der Waals surface area contributed by atoms with Gasteiger partial charge in [-0.1, -0.05) is 21.3 Å². The highest BCUT2D eigenvalue weighted by molar-refractivity contribution is 7.47. The van der Waals surface area contributed by atoms with Gasteiger partial charge in [0.15, 0.2) is 12.6 Å². The largest absolute Gasteiger partial charge is 0.472 e. The van der Waals surface area contributed by atoms with Crippen molar-refractivity contribution in [2.75, 3.05) is 93.1 Å². The van der Waals surface area contributed by atoms with E-state index in [9.17, 15) is 94.3 Å². The predicted octanol–water partition coefficient (Wildman–Crippen LogP) is -7.41. The summed E-state index contributed by atoms with van der Waals surface area (Å²) in [6.45, 7) is -2.83. The van der Waals surface area contributed by atoms with Crippen LogP contribution in [0.3, 0.4) is 0 Å². The van der Waals surface area contributed by atoms with Gasteiger partial charge in [-0.2, -0.15) is 0 Å². The van der Waals surface area contributed by atoms with Crippen LogP contribution in [0.4, 0.5) is 0 Å². The first-order valence-corrected chi connectivity index (χ1v) is 26.3. The molecule has 0 aliphatic carbocycles. The number of hydrogen-bond acceptors (Lipinski definition) is 28. The number of aliphatic hydroxyl groups is 12. The number of carbonyl (C=O) groups excluding carboxylic acids is 4. The van der Waals surface area contributed by atoms with Gasteiger partial charge in [0.1, 0.15) is 72.6 Å². The van der Waals surface area contributed by atoms with Crippen LogP contribution in [0.15, 0.2) is 0 Å². The van der Waals surface area contributed by atoms with Gasteiger partial charge in [0, 0.05) is 50.6 Å². The molecule has 0 aromatic rings. The summed E-state index contributed by atoms with van der Waals surface area (Å²) in [7, 11) is -6.25. The van der Waals surface area contributed by atoms with Crippen LogP contribution in [-0.2, 0) is 65.4 Å². The number of Topliss-reactive ketones (excluding diaryl/α,β-unsaturated/α-hetero) is 2. The third-order valence-electron chi connectivity index (χ3n) is 11.1. The smallest absolute Gasteiger partial charge is 0.394 e. The Morgan fingerprint density at radius 3 is 1.32 bits per heavy atom. The molecule has 34 heteroatoms. The Labute approximate surface area is 433 Å². The van der Waals surface area contributed by atoms with Crippen molar-refractivity contribution in [3.63, 3.8) is 0 Å². The van der Waals surface area contributed by atoms with Crippen LogP contribution >= 0.6 is 15.6 Å². The van der Waals surface area contributed by atoms with Gasteiger partial charge < -0.3 is 111 Å². The zero-order chi connectivity index (χ0) is 56.3. The molecular weight excluding hydrogens is 1060 g/mol. The van der Waals surface area contributed by atoms with Crippen LogP contribution < -0.4 is 21.3 Å². The van der Waals surface area contributed by atoms with E-state index < -0.39 is 178 Å². The summed E-state index contributed by atoms with van der Waals surface area (Å²) >= 11 is 0. The molecule has 18 N–H and O–H groups in total. The predicted molar refractivity (Wildman–Crippen MR) is 254 cm³/mol. The molecule has 2 aliphatic rings. The van der Waals surface area contributed by atoms with E-state index >= 15 is 0 Å². The van der Waals surface area contributed by atoms with Gasteiger partial charge in [0.05, 0.1) is 78.2 Å². The van der Waals surface area contributed by atoms with Crippen LogP contribution in [0.1, 0.15) is 47.0 Å². The van der Waals surface area contributed by atoms with Crippen molar-refractivity contribution in [2.24, 2.45) is 11.8 Å². The van der Waals surface area contributed by atoms with E-state index in [4.69, 9.17) is 33.1 Å². The Bertz CT molecular complexity index is 1730. The van der Waals surface area contributed by atoms with Crippen LogP contribution in [0.25, 0.3) is 0 Å². The maximum atomic E-state index is 12.2. The topological polar surface area (TPSA) is 508 Å². The molecule has 2 rings (SSSR count). The number of ketones is 2. The molecule has 444 valence electrons. The summed E-state index contributed by atoms with van der Waals surface area (Å²) in [6, 6.07) is 0. The van der Waals surface area contributed by atoms with Crippen LogP contribution in [0, 0.1) is 11.8 Å². The molecule has 8 unspecified atom stereocenters. The lowest BCUT2D eigenvalue weighted by molar-refractivity contribution is -0.306. The quantitative estimate of drug-likeness (QED) is 0.0205. The van der Waals surface area contributed by atoms with Crippen molar-refractivity contribution in [1.29, 1.82) is 0 Å². The Balaban J connectivity index is 0.00000144. The SMILES string of the molecule is C.CNCC(=O)CCC(=O)NCCOP(=O)(O)OC[C@@H](OC1OC(CO)[C@@H](O)[C@H](O)C1C)[C@@H](O)[C@@H](O)CO.CNCC(=O)CCC(=O)NCCOP(=O)(O)OC[C@H](O)[C@H](O)[C@@H](CO)OC1OC(CO)[C@@H](O)[C@H](O)C1C. The van der Waals surface area contributed by atoms with Crippen molar-refractivity contribution < 1.29 is 136 Å². The first-order chi connectivity index (χ1) is 34.7. The summed E-state index contributed by atoms with van der Waals surface area (Å²) in [5.41, 5.74) is 0. The number of phosphoric ester groups is 2. The molecule has 2 amide bonds. The standard InChI is InChI=1S/2C20H39N2O14P.CH4/c1-11-17(28)19(30)15(9-24)36-20(11)35-14(8-23)18(29)13(26)10-34-37(31,32)33-6-5-22-16(27)4-3-12(25)7-21-2;1-11-17(28)19(30)14(9-24)35-20(11)36-15(18(29)13(26)8-23)10-34-37(31,32)33-6-5-22-16(27)4-3-12(25)7-21-2;/h2*11,13-15,17-21,23-24,26,28-30H,3-10H2,1-2H3,(H,22,27)(H,31,32);1H4/t11?,13-,14+,15?,17+,18-,19+,20?;11?,13-,14?,15+,17+,18-,19+,20?;/m00./s1. The molecule has 2 fully saturated rings. The average Bonchev–Trinajstić information content (AvgIpc) is 3.36. The molecular formula is C41H82N4O28P2. The van der Waals surface area contributed by atoms with E-state index in [0.717, 1.165) is 0 Å². The molecule has 75 heavy (non-hydrogen) atoms. The fraction of sp³-hybridized carbons (Fsp3) is 0.902. The highest BCUT2D eigenvalue weighted by atomic mass is 31.2. The third kappa shape index (κ3) is 27.0. The maximum absolute atomic E-state index is 12.2. The van der Waals surface area contributed by atoms with E-state index in [1.165, 1.54) is 13.8 Å². The minimum Gasteiger partial charge on any atom is -0.394 e. The number of amides is 2. The number of ether oxygens (including phenoxy) is 4. The number of rotatable bonds is 36. The molecule has 2 aliphatic heterocycles. The lowest BCUT2D eigenvalue weighted by Gasteiger charge is -2.42. The fourth-order valence-electron chi connectivity index (χ4n) is 6.62. The van der Waals surface area contributed by atoms with Crippen LogP contribution in [0.2, 0.25) is 0 Å². The normalized spacial score (nSPS) is 27.8. The first-order valence-electron chi connectivity index (χ1n) is 23.3. The molecule has 2 saturated heterocycles. The number of carbonyl (C=O) groups is 4. The molecule has 0 saturated carbocycles. The molecule has 32 nitrogen and oxygen atoms in total.